The Morgan fingerprint density at radius 2 is 1.40 bits per heavy atom. The second-order valence-corrected chi connectivity index (χ2v) is 5.74. The molecule has 1 aromatic carbocycles. The van der Waals surface area contributed by atoms with E-state index in [0.29, 0.717) is 5.03 Å². The van der Waals surface area contributed by atoms with Gasteiger partial charge in [-0.2, -0.15) is 0 Å². The summed E-state index contributed by atoms with van der Waals surface area (Å²) < 4.78 is -0.952. The topological polar surface area (TPSA) is 0 Å². The number of allylic oxidation sites excluding steroid dienone is 2. The van der Waals surface area contributed by atoms with Crippen molar-refractivity contribution < 1.29 is 0 Å². The summed E-state index contributed by atoms with van der Waals surface area (Å²) in [6, 6.07) is 4.23. The minimum absolute atomic E-state index is 0.556. The van der Waals surface area contributed by atoms with Crippen LogP contribution in [0.3, 0.4) is 0 Å². The maximum Gasteiger partial charge on any atom is 0.180 e. The van der Waals surface area contributed by atoms with E-state index in [4.69, 9.17) is 34.8 Å². The average molecular weight is 262 g/mol. The van der Waals surface area contributed by atoms with Gasteiger partial charge in [0.05, 0.1) is 5.03 Å². The van der Waals surface area contributed by atoms with E-state index >= 15 is 0 Å². The van der Waals surface area contributed by atoms with Gasteiger partial charge in [0.2, 0.25) is 0 Å². The molecule has 0 aliphatic heterocycles. The van der Waals surface area contributed by atoms with Gasteiger partial charge in [-0.25, -0.2) is 0 Å². The second kappa shape index (κ2) is 3.41. The molecular formula is C12H11Cl3. The van der Waals surface area contributed by atoms with Gasteiger partial charge in [-0.3, -0.25) is 0 Å². The third kappa shape index (κ3) is 1.69. The molecule has 0 atom stereocenters. The maximum atomic E-state index is 6.04. The van der Waals surface area contributed by atoms with Crippen molar-refractivity contribution >= 4 is 40.4 Å². The van der Waals surface area contributed by atoms with Gasteiger partial charge in [0.15, 0.2) is 4.33 Å². The van der Waals surface area contributed by atoms with E-state index in [0.717, 1.165) is 11.1 Å². The van der Waals surface area contributed by atoms with Gasteiger partial charge in [0.1, 0.15) is 0 Å². The van der Waals surface area contributed by atoms with Crippen molar-refractivity contribution in [3.8, 4) is 0 Å². The Kier molecular flexibility index (Phi) is 2.57. The molecule has 15 heavy (non-hydrogen) atoms. The van der Waals surface area contributed by atoms with E-state index in [1.54, 1.807) is 0 Å². The highest BCUT2D eigenvalue weighted by Crippen LogP contribution is 2.61. The van der Waals surface area contributed by atoms with Gasteiger partial charge in [-0.15, -0.1) is 0 Å². The van der Waals surface area contributed by atoms with Crippen LogP contribution >= 0.6 is 34.8 Å². The first-order chi connectivity index (χ1) is 6.85. The first kappa shape index (κ1) is 11.3. The van der Waals surface area contributed by atoms with Crippen molar-refractivity contribution in [3.05, 3.63) is 39.4 Å². The Balaban J connectivity index is 2.57. The summed E-state index contributed by atoms with van der Waals surface area (Å²) in [4.78, 5) is 0. The zero-order valence-corrected chi connectivity index (χ0v) is 11.1. The van der Waals surface area contributed by atoms with Gasteiger partial charge < -0.3 is 0 Å². The van der Waals surface area contributed by atoms with E-state index in [1.165, 1.54) is 16.7 Å². The third-order valence-electron chi connectivity index (χ3n) is 2.67. The van der Waals surface area contributed by atoms with Gasteiger partial charge >= 0.3 is 0 Å². The Hall–Kier alpha value is -0.170. The fourth-order valence-electron chi connectivity index (χ4n) is 2.05. The highest BCUT2D eigenvalue weighted by atomic mass is 35.5. The summed E-state index contributed by atoms with van der Waals surface area (Å²) in [7, 11) is 0. The number of benzene rings is 1. The van der Waals surface area contributed by atoms with Crippen LogP contribution in [-0.4, -0.2) is 4.33 Å². The maximum absolute atomic E-state index is 6.04. The molecule has 3 heteroatoms. The highest BCUT2D eigenvalue weighted by molar-refractivity contribution is 6.69. The van der Waals surface area contributed by atoms with E-state index in [-0.39, 0.29) is 0 Å². The van der Waals surface area contributed by atoms with E-state index in [1.807, 2.05) is 0 Å². The summed E-state index contributed by atoms with van der Waals surface area (Å²) >= 11 is 18.0. The van der Waals surface area contributed by atoms with Crippen molar-refractivity contribution in [2.45, 2.75) is 25.1 Å². The number of hydrogen-bond acceptors (Lipinski definition) is 0. The standard InChI is InChI=1S/C12H11Cl3/c1-6-4-7(2)9(8(3)5-6)10-11(13)12(10,14)15/h4-5H,1-3H3. The van der Waals surface area contributed by atoms with Crippen LogP contribution < -0.4 is 0 Å². The molecule has 0 radical (unpaired) electrons. The molecule has 0 nitrogen and oxygen atoms in total. The highest BCUT2D eigenvalue weighted by Gasteiger charge is 2.51. The van der Waals surface area contributed by atoms with Gasteiger partial charge in [-0.05, 0) is 37.5 Å². The minimum atomic E-state index is -0.952. The Morgan fingerprint density at radius 3 is 1.73 bits per heavy atom. The molecule has 0 saturated heterocycles. The molecule has 1 aliphatic carbocycles. The summed E-state index contributed by atoms with van der Waals surface area (Å²) in [6.07, 6.45) is 0. The fraction of sp³-hybridized carbons (Fsp3) is 0.333. The van der Waals surface area contributed by atoms with Crippen molar-refractivity contribution in [2.24, 2.45) is 0 Å². The zero-order chi connectivity index (χ0) is 11.4. The molecule has 1 aliphatic rings. The van der Waals surface area contributed by atoms with Crippen LogP contribution in [0.15, 0.2) is 17.2 Å². The number of alkyl halides is 2. The fourth-order valence-corrected chi connectivity index (χ4v) is 2.90. The smallest absolute Gasteiger partial charge is 0.0898 e. The minimum Gasteiger partial charge on any atom is -0.0898 e. The lowest BCUT2D eigenvalue weighted by atomic mass is 9.98. The Morgan fingerprint density at radius 1 is 1.00 bits per heavy atom. The first-order valence-corrected chi connectivity index (χ1v) is 5.86. The van der Waals surface area contributed by atoms with Crippen LogP contribution in [0.4, 0.5) is 0 Å². The normalized spacial score (nSPS) is 18.3. The quantitative estimate of drug-likeness (QED) is 0.640. The zero-order valence-electron chi connectivity index (χ0n) is 8.79. The SMILES string of the molecule is Cc1cc(C)c(C2=C(Cl)C2(Cl)Cl)c(C)c1. The number of rotatable bonds is 1. The van der Waals surface area contributed by atoms with Gasteiger partial charge in [0, 0.05) is 5.57 Å². The van der Waals surface area contributed by atoms with Crippen LogP contribution in [0.5, 0.6) is 0 Å². The molecule has 0 amide bonds. The Bertz CT molecular complexity index is 447. The molecular weight excluding hydrogens is 250 g/mol. The largest absolute Gasteiger partial charge is 0.180 e. The van der Waals surface area contributed by atoms with Crippen LogP contribution in [0, 0.1) is 20.8 Å². The molecule has 0 spiro atoms. The van der Waals surface area contributed by atoms with Crippen LogP contribution in [0.25, 0.3) is 5.57 Å². The summed E-state index contributed by atoms with van der Waals surface area (Å²) in [5.74, 6) is 0. The summed E-state index contributed by atoms with van der Waals surface area (Å²) in [5.41, 5.74) is 5.53. The number of aryl methyl sites for hydroxylation is 3. The molecule has 80 valence electrons. The summed E-state index contributed by atoms with van der Waals surface area (Å²) in [6.45, 7) is 6.17. The van der Waals surface area contributed by atoms with Crippen LogP contribution in [0.2, 0.25) is 0 Å². The molecule has 0 N–H and O–H groups in total. The molecule has 2 rings (SSSR count). The average Bonchev–Trinajstić information content (AvgIpc) is 2.53. The third-order valence-corrected chi connectivity index (χ3v) is 4.10. The van der Waals surface area contributed by atoms with Crippen LogP contribution in [0.1, 0.15) is 22.3 Å². The van der Waals surface area contributed by atoms with Gasteiger partial charge in [0.25, 0.3) is 0 Å². The van der Waals surface area contributed by atoms with E-state index in [9.17, 15) is 0 Å². The van der Waals surface area contributed by atoms with Crippen molar-refractivity contribution in [3.63, 3.8) is 0 Å². The molecule has 0 fully saturated rings. The van der Waals surface area contributed by atoms with Crippen molar-refractivity contribution in [1.82, 2.24) is 0 Å². The predicted molar refractivity (Wildman–Crippen MR) is 67.9 cm³/mol. The first-order valence-electron chi connectivity index (χ1n) is 4.72. The summed E-state index contributed by atoms with van der Waals surface area (Å²) in [5, 5.41) is 0.556. The molecule has 0 bridgehead atoms. The van der Waals surface area contributed by atoms with E-state index < -0.39 is 4.33 Å². The molecule has 0 saturated carbocycles. The van der Waals surface area contributed by atoms with Crippen molar-refractivity contribution in [2.75, 3.05) is 0 Å². The van der Waals surface area contributed by atoms with Crippen molar-refractivity contribution in [1.29, 1.82) is 0 Å². The predicted octanol–water partition coefficient (Wildman–Crippen LogP) is 4.75. The lowest BCUT2D eigenvalue weighted by Crippen LogP contribution is -1.96. The second-order valence-electron chi connectivity index (χ2n) is 4.04. The number of hydrogen-bond donors (Lipinski definition) is 0. The molecule has 0 aromatic heterocycles. The lowest BCUT2D eigenvalue weighted by molar-refractivity contribution is 1.28. The monoisotopic (exact) mass is 260 g/mol. The molecule has 0 heterocycles. The van der Waals surface area contributed by atoms with E-state index in [2.05, 4.69) is 32.9 Å². The lowest BCUT2D eigenvalue weighted by Gasteiger charge is -2.09. The molecule has 0 unspecified atom stereocenters. The Labute approximate surface area is 105 Å². The molecule has 1 aromatic rings. The van der Waals surface area contributed by atoms with Crippen LogP contribution in [-0.2, 0) is 0 Å². The number of halogens is 3. The van der Waals surface area contributed by atoms with Gasteiger partial charge in [-0.1, -0.05) is 52.5 Å².